The Morgan fingerprint density at radius 2 is 1.89 bits per heavy atom. The van der Waals surface area contributed by atoms with Crippen molar-refractivity contribution < 1.29 is 15.0 Å². The Bertz CT molecular complexity index is 359. The molecule has 3 nitrogen and oxygen atoms in total. The molecule has 1 rings (SSSR count). The Kier molecular flexibility index (Phi) is 5.86. The fraction of sp³-hybridized carbons (Fsp3) is 0.533. The van der Waals surface area contributed by atoms with Crippen LogP contribution < -0.4 is 0 Å². The highest BCUT2D eigenvalue weighted by Gasteiger charge is 2.32. The monoisotopic (exact) mass is 250 g/mol. The maximum atomic E-state index is 11.4. The van der Waals surface area contributed by atoms with E-state index in [-0.39, 0.29) is 5.92 Å². The molecular formula is C15H22O3. The zero-order chi connectivity index (χ0) is 13.5. The van der Waals surface area contributed by atoms with Crippen molar-refractivity contribution in [2.75, 3.05) is 0 Å². The van der Waals surface area contributed by atoms with Gasteiger partial charge in [0.2, 0.25) is 0 Å². The lowest BCUT2D eigenvalue weighted by molar-refractivity contribution is -0.146. The van der Waals surface area contributed by atoms with Crippen LogP contribution in [0.15, 0.2) is 30.3 Å². The number of aliphatic carboxylic acids is 1. The third-order valence-corrected chi connectivity index (χ3v) is 3.33. The first-order valence-corrected chi connectivity index (χ1v) is 6.53. The predicted molar refractivity (Wildman–Crippen MR) is 71.5 cm³/mol. The van der Waals surface area contributed by atoms with E-state index >= 15 is 0 Å². The first-order chi connectivity index (χ1) is 8.57. The van der Waals surface area contributed by atoms with E-state index in [1.807, 2.05) is 30.3 Å². The fourth-order valence-corrected chi connectivity index (χ4v) is 2.39. The molecule has 0 aliphatic heterocycles. The van der Waals surface area contributed by atoms with E-state index in [0.717, 1.165) is 24.8 Å². The van der Waals surface area contributed by atoms with E-state index in [1.165, 1.54) is 0 Å². The summed E-state index contributed by atoms with van der Waals surface area (Å²) in [6.07, 6.45) is 1.94. The van der Waals surface area contributed by atoms with Gasteiger partial charge in [0.1, 0.15) is 0 Å². The van der Waals surface area contributed by atoms with Crippen molar-refractivity contribution in [1.29, 1.82) is 0 Å². The van der Waals surface area contributed by atoms with Gasteiger partial charge in [-0.1, -0.05) is 50.1 Å². The zero-order valence-corrected chi connectivity index (χ0v) is 11.0. The molecule has 1 aromatic carbocycles. The first-order valence-electron chi connectivity index (χ1n) is 6.53. The smallest absolute Gasteiger partial charge is 0.309 e. The molecule has 0 radical (unpaired) electrons. The number of rotatable bonds is 7. The molecule has 0 aliphatic rings. The van der Waals surface area contributed by atoms with Crippen LogP contribution in [0, 0.1) is 5.92 Å². The van der Waals surface area contributed by atoms with Gasteiger partial charge in [0.25, 0.3) is 0 Å². The average Bonchev–Trinajstić information content (AvgIpc) is 2.34. The fourth-order valence-electron chi connectivity index (χ4n) is 2.39. The third kappa shape index (κ3) is 3.84. The largest absolute Gasteiger partial charge is 0.481 e. The van der Waals surface area contributed by atoms with Gasteiger partial charge in [0.15, 0.2) is 0 Å². The maximum absolute atomic E-state index is 11.4. The Morgan fingerprint density at radius 3 is 2.33 bits per heavy atom. The van der Waals surface area contributed by atoms with Crippen molar-refractivity contribution in [2.45, 2.75) is 45.1 Å². The summed E-state index contributed by atoms with van der Waals surface area (Å²) < 4.78 is 0. The lowest BCUT2D eigenvalue weighted by Crippen LogP contribution is -2.31. The first kappa shape index (κ1) is 14.7. The molecule has 0 bridgehead atoms. The van der Waals surface area contributed by atoms with E-state index in [4.69, 9.17) is 0 Å². The Hall–Kier alpha value is -1.35. The molecule has 2 N–H and O–H groups in total. The molecule has 0 amide bonds. The molecule has 3 atom stereocenters. The number of carboxylic acids is 1. The molecule has 0 saturated carbocycles. The summed E-state index contributed by atoms with van der Waals surface area (Å²) >= 11 is 0. The van der Waals surface area contributed by atoms with Gasteiger partial charge in [-0.25, -0.2) is 0 Å². The van der Waals surface area contributed by atoms with Crippen molar-refractivity contribution in [3.05, 3.63) is 35.9 Å². The van der Waals surface area contributed by atoms with Crippen molar-refractivity contribution in [3.8, 4) is 0 Å². The predicted octanol–water partition coefficient (Wildman–Crippen LogP) is 3.04. The normalized spacial score (nSPS) is 15.9. The van der Waals surface area contributed by atoms with Crippen molar-refractivity contribution in [3.63, 3.8) is 0 Å². The van der Waals surface area contributed by atoms with Crippen molar-refractivity contribution in [1.82, 2.24) is 0 Å². The van der Waals surface area contributed by atoms with E-state index < -0.39 is 18.0 Å². The summed E-state index contributed by atoms with van der Waals surface area (Å²) in [5, 5.41) is 19.0. The molecule has 0 aliphatic carbocycles. The van der Waals surface area contributed by atoms with E-state index in [2.05, 4.69) is 6.92 Å². The number of benzene rings is 1. The minimum Gasteiger partial charge on any atom is -0.481 e. The summed E-state index contributed by atoms with van der Waals surface area (Å²) in [6.45, 7) is 3.64. The number of hydrogen-bond donors (Lipinski definition) is 2. The second kappa shape index (κ2) is 7.17. The Balaban J connectivity index is 2.99. The summed E-state index contributed by atoms with van der Waals surface area (Å²) in [6, 6.07) is 9.63. The molecule has 0 saturated heterocycles. The second-order valence-corrected chi connectivity index (χ2v) is 4.76. The van der Waals surface area contributed by atoms with Crippen LogP contribution in [-0.4, -0.2) is 22.3 Å². The molecule has 100 valence electrons. The number of carboxylic acid groups (broad SMARTS) is 1. The van der Waals surface area contributed by atoms with E-state index in [0.29, 0.717) is 0 Å². The topological polar surface area (TPSA) is 57.5 Å². The lowest BCUT2D eigenvalue weighted by atomic mass is 9.80. The van der Waals surface area contributed by atoms with Crippen molar-refractivity contribution >= 4 is 5.97 Å². The summed E-state index contributed by atoms with van der Waals surface area (Å²) in [7, 11) is 0. The van der Waals surface area contributed by atoms with Gasteiger partial charge < -0.3 is 10.2 Å². The van der Waals surface area contributed by atoms with E-state index in [9.17, 15) is 15.0 Å². The number of carbonyl (C=O) groups is 1. The Labute approximate surface area is 108 Å². The highest BCUT2D eigenvalue weighted by molar-refractivity contribution is 5.72. The van der Waals surface area contributed by atoms with Gasteiger partial charge >= 0.3 is 5.97 Å². The number of aliphatic hydroxyl groups is 1. The second-order valence-electron chi connectivity index (χ2n) is 4.76. The quantitative estimate of drug-likeness (QED) is 0.782. The van der Waals surface area contributed by atoms with Crippen LogP contribution >= 0.6 is 0 Å². The minimum atomic E-state index is -0.921. The van der Waals surface area contributed by atoms with Gasteiger partial charge in [-0.3, -0.25) is 4.79 Å². The van der Waals surface area contributed by atoms with Gasteiger partial charge in [0.05, 0.1) is 12.0 Å². The number of unbranched alkanes of at least 4 members (excludes halogenated alkanes) is 1. The standard InChI is InChI=1S/C15H22O3/c1-3-4-10-13(12-8-6-5-7-9-12)14(11(2)16)15(17)18/h5-9,11,13-14,16H,3-4,10H2,1-2H3,(H,17,18)/t11-,13-,14+/m1/s1. The maximum Gasteiger partial charge on any atom is 0.309 e. The zero-order valence-electron chi connectivity index (χ0n) is 11.0. The van der Waals surface area contributed by atoms with Crippen LogP contribution in [0.1, 0.15) is 44.6 Å². The van der Waals surface area contributed by atoms with Crippen LogP contribution in [0.2, 0.25) is 0 Å². The highest BCUT2D eigenvalue weighted by Crippen LogP contribution is 2.32. The van der Waals surface area contributed by atoms with Gasteiger partial charge in [-0.05, 0) is 24.8 Å². The summed E-state index contributed by atoms with van der Waals surface area (Å²) in [5.74, 6) is -1.78. The van der Waals surface area contributed by atoms with E-state index in [1.54, 1.807) is 6.92 Å². The average molecular weight is 250 g/mol. The molecule has 0 unspecified atom stereocenters. The molecule has 0 spiro atoms. The molecule has 0 aromatic heterocycles. The van der Waals surface area contributed by atoms with Gasteiger partial charge in [-0.15, -0.1) is 0 Å². The number of hydrogen-bond acceptors (Lipinski definition) is 2. The molecule has 0 fully saturated rings. The highest BCUT2D eigenvalue weighted by atomic mass is 16.4. The molecule has 1 aromatic rings. The van der Waals surface area contributed by atoms with Crippen LogP contribution in [0.3, 0.4) is 0 Å². The number of aliphatic hydroxyl groups excluding tert-OH is 1. The molecular weight excluding hydrogens is 228 g/mol. The van der Waals surface area contributed by atoms with Crippen LogP contribution in [0.25, 0.3) is 0 Å². The molecule has 3 heteroatoms. The van der Waals surface area contributed by atoms with Crippen LogP contribution in [0.4, 0.5) is 0 Å². The Morgan fingerprint density at radius 1 is 1.28 bits per heavy atom. The summed E-state index contributed by atoms with van der Waals surface area (Å²) in [4.78, 5) is 11.4. The summed E-state index contributed by atoms with van der Waals surface area (Å²) in [5.41, 5.74) is 0.999. The van der Waals surface area contributed by atoms with Crippen LogP contribution in [-0.2, 0) is 4.79 Å². The van der Waals surface area contributed by atoms with Crippen molar-refractivity contribution in [2.24, 2.45) is 5.92 Å². The molecule has 18 heavy (non-hydrogen) atoms. The third-order valence-electron chi connectivity index (χ3n) is 3.33. The van der Waals surface area contributed by atoms with Gasteiger partial charge in [-0.2, -0.15) is 0 Å². The SMILES string of the molecule is CCCC[C@H](c1ccccc1)[C@@H](C(=O)O)[C@@H](C)O. The van der Waals surface area contributed by atoms with Crippen LogP contribution in [0.5, 0.6) is 0 Å². The van der Waals surface area contributed by atoms with Gasteiger partial charge in [0, 0.05) is 0 Å². The lowest BCUT2D eigenvalue weighted by Gasteiger charge is -2.26. The minimum absolute atomic E-state index is 0.122. The molecule has 0 heterocycles.